The van der Waals surface area contributed by atoms with Crippen LogP contribution in [0.3, 0.4) is 0 Å². The Morgan fingerprint density at radius 3 is 2.08 bits per heavy atom. The van der Waals surface area contributed by atoms with Gasteiger partial charge in [0.2, 0.25) is 0 Å². The third kappa shape index (κ3) is 3.00. The van der Waals surface area contributed by atoms with Crippen molar-refractivity contribution in [2.45, 2.75) is 20.0 Å². The third-order valence-corrected chi connectivity index (χ3v) is 1.70. The lowest BCUT2D eigenvalue weighted by molar-refractivity contribution is -0.166. The molecule has 0 aromatic heterocycles. The van der Waals surface area contributed by atoms with E-state index in [0.717, 1.165) is 0 Å². The maximum atomic E-state index is 10.7. The van der Waals surface area contributed by atoms with Gasteiger partial charge in [0.05, 0.1) is 5.92 Å². The molecule has 2 atom stereocenters. The average Bonchev–Trinajstić information content (AvgIpc) is 2.01. The highest BCUT2D eigenvalue weighted by molar-refractivity contribution is 5.82. The zero-order valence-corrected chi connectivity index (χ0v) is 7.43. The smallest absolute Gasteiger partial charge is 0.354 e. The number of nitrogens with two attached hydrogens (primary N) is 1. The highest BCUT2D eigenvalue weighted by atomic mass is 16.7. The standard InChI is InChI=1S/C7H13NO5/c1-3(2)4(6(10)11)5(9)7(12)13-8/h3-5,9H,8H2,1-2H3,(H,10,11). The van der Waals surface area contributed by atoms with E-state index >= 15 is 0 Å². The van der Waals surface area contributed by atoms with E-state index in [1.807, 2.05) is 0 Å². The quantitative estimate of drug-likeness (QED) is 0.498. The molecule has 0 radical (unpaired) electrons. The molecule has 0 fully saturated rings. The molecule has 0 aliphatic rings. The van der Waals surface area contributed by atoms with Crippen LogP contribution in [0, 0.1) is 11.8 Å². The van der Waals surface area contributed by atoms with Crippen molar-refractivity contribution in [3.05, 3.63) is 0 Å². The normalized spacial score (nSPS) is 15.2. The largest absolute Gasteiger partial charge is 0.481 e. The number of carbonyl (C=O) groups is 2. The fourth-order valence-electron chi connectivity index (χ4n) is 1.00. The molecule has 2 unspecified atom stereocenters. The van der Waals surface area contributed by atoms with Crippen molar-refractivity contribution >= 4 is 11.9 Å². The number of carboxylic acid groups (broad SMARTS) is 1. The SMILES string of the molecule is CC(C)C(C(=O)O)C(O)C(=O)ON. The molecule has 6 nitrogen and oxygen atoms in total. The number of carboxylic acids is 1. The number of aliphatic hydroxyl groups is 1. The molecule has 0 rings (SSSR count). The molecule has 0 aliphatic carbocycles. The van der Waals surface area contributed by atoms with E-state index in [0.29, 0.717) is 0 Å². The summed E-state index contributed by atoms with van der Waals surface area (Å²) in [6.07, 6.45) is -1.72. The van der Waals surface area contributed by atoms with Crippen LogP contribution < -0.4 is 5.90 Å². The first kappa shape index (κ1) is 11.9. The van der Waals surface area contributed by atoms with Crippen molar-refractivity contribution in [1.29, 1.82) is 0 Å². The summed E-state index contributed by atoms with van der Waals surface area (Å²) >= 11 is 0. The summed E-state index contributed by atoms with van der Waals surface area (Å²) in [6, 6.07) is 0. The van der Waals surface area contributed by atoms with Gasteiger partial charge in [0.1, 0.15) is 0 Å². The van der Waals surface area contributed by atoms with Gasteiger partial charge in [0, 0.05) is 0 Å². The van der Waals surface area contributed by atoms with Crippen LogP contribution >= 0.6 is 0 Å². The van der Waals surface area contributed by atoms with Crippen molar-refractivity contribution in [2.75, 3.05) is 0 Å². The minimum atomic E-state index is -1.72. The van der Waals surface area contributed by atoms with Gasteiger partial charge in [-0.3, -0.25) is 4.79 Å². The minimum absolute atomic E-state index is 0.383. The van der Waals surface area contributed by atoms with Crippen molar-refractivity contribution < 1.29 is 24.6 Å². The number of hydrogen-bond acceptors (Lipinski definition) is 5. The Bertz CT molecular complexity index is 203. The first-order chi connectivity index (χ1) is 5.91. The first-order valence-corrected chi connectivity index (χ1v) is 3.73. The van der Waals surface area contributed by atoms with E-state index in [2.05, 4.69) is 10.7 Å². The van der Waals surface area contributed by atoms with Crippen LogP contribution in [-0.2, 0) is 14.4 Å². The summed E-state index contributed by atoms with van der Waals surface area (Å²) in [5, 5.41) is 17.8. The van der Waals surface area contributed by atoms with Gasteiger partial charge in [-0.2, -0.15) is 5.90 Å². The van der Waals surface area contributed by atoms with Gasteiger partial charge in [-0.25, -0.2) is 4.79 Å². The summed E-state index contributed by atoms with van der Waals surface area (Å²) < 4.78 is 0. The van der Waals surface area contributed by atoms with Crippen molar-refractivity contribution in [3.8, 4) is 0 Å². The Morgan fingerprint density at radius 2 is 1.85 bits per heavy atom. The summed E-state index contributed by atoms with van der Waals surface area (Å²) in [5.74, 6) is 0.533. The Kier molecular flexibility index (Phi) is 4.36. The highest BCUT2D eigenvalue weighted by Gasteiger charge is 2.35. The van der Waals surface area contributed by atoms with E-state index in [-0.39, 0.29) is 5.92 Å². The third-order valence-electron chi connectivity index (χ3n) is 1.70. The van der Waals surface area contributed by atoms with Gasteiger partial charge >= 0.3 is 11.9 Å². The molecule has 4 N–H and O–H groups in total. The molecule has 0 aliphatic heterocycles. The Balaban J connectivity index is 4.55. The number of rotatable bonds is 4. The van der Waals surface area contributed by atoms with Gasteiger partial charge in [0.15, 0.2) is 6.10 Å². The highest BCUT2D eigenvalue weighted by Crippen LogP contribution is 2.16. The van der Waals surface area contributed by atoms with Crippen molar-refractivity contribution in [1.82, 2.24) is 0 Å². The maximum absolute atomic E-state index is 10.7. The molecule has 0 aromatic carbocycles. The molecule has 0 spiro atoms. The first-order valence-electron chi connectivity index (χ1n) is 3.73. The van der Waals surface area contributed by atoms with E-state index in [1.54, 1.807) is 13.8 Å². The second kappa shape index (κ2) is 4.78. The molecule has 0 saturated carbocycles. The molecular formula is C7H13NO5. The summed E-state index contributed by atoms with van der Waals surface area (Å²) in [7, 11) is 0. The van der Waals surface area contributed by atoms with Gasteiger partial charge in [0.25, 0.3) is 0 Å². The second-order valence-corrected chi connectivity index (χ2v) is 2.99. The molecule has 13 heavy (non-hydrogen) atoms. The monoisotopic (exact) mass is 191 g/mol. The number of hydrogen-bond donors (Lipinski definition) is 3. The molecular weight excluding hydrogens is 178 g/mol. The average molecular weight is 191 g/mol. The predicted octanol–water partition coefficient (Wildman–Crippen LogP) is -0.879. The maximum Gasteiger partial charge on any atom is 0.354 e. The lowest BCUT2D eigenvalue weighted by Crippen LogP contribution is -2.40. The zero-order valence-electron chi connectivity index (χ0n) is 7.43. The summed E-state index contributed by atoms with van der Waals surface area (Å²) in [5.41, 5.74) is 0. The Morgan fingerprint density at radius 1 is 1.38 bits per heavy atom. The van der Waals surface area contributed by atoms with E-state index in [1.165, 1.54) is 0 Å². The van der Waals surface area contributed by atoms with Crippen LogP contribution in [0.4, 0.5) is 0 Å². The fourth-order valence-corrected chi connectivity index (χ4v) is 1.00. The fraction of sp³-hybridized carbons (Fsp3) is 0.714. The molecule has 0 bridgehead atoms. The van der Waals surface area contributed by atoms with Gasteiger partial charge in [-0.05, 0) is 5.92 Å². The van der Waals surface area contributed by atoms with Crippen molar-refractivity contribution in [2.24, 2.45) is 17.7 Å². The van der Waals surface area contributed by atoms with Crippen LogP contribution in [0.25, 0.3) is 0 Å². The van der Waals surface area contributed by atoms with Gasteiger partial charge in [-0.1, -0.05) is 13.8 Å². The van der Waals surface area contributed by atoms with Crippen LogP contribution in [0.2, 0.25) is 0 Å². The predicted molar refractivity (Wildman–Crippen MR) is 42.2 cm³/mol. The zero-order chi connectivity index (χ0) is 10.6. The molecule has 0 heterocycles. The molecule has 76 valence electrons. The number of aliphatic carboxylic acids is 1. The number of carbonyl (C=O) groups excluding carboxylic acids is 1. The molecule has 0 aromatic rings. The summed E-state index contributed by atoms with van der Waals surface area (Å²) in [4.78, 5) is 25.0. The van der Waals surface area contributed by atoms with Crippen LogP contribution in [0.15, 0.2) is 0 Å². The van der Waals surface area contributed by atoms with Crippen molar-refractivity contribution in [3.63, 3.8) is 0 Å². The lowest BCUT2D eigenvalue weighted by atomic mass is 9.90. The topological polar surface area (TPSA) is 110 Å². The Labute approximate surface area is 75.2 Å². The van der Waals surface area contributed by atoms with E-state index in [4.69, 9.17) is 5.11 Å². The van der Waals surface area contributed by atoms with E-state index in [9.17, 15) is 14.7 Å². The minimum Gasteiger partial charge on any atom is -0.481 e. The number of aliphatic hydroxyl groups excluding tert-OH is 1. The van der Waals surface area contributed by atoms with Gasteiger partial charge in [-0.15, -0.1) is 0 Å². The molecule has 0 saturated heterocycles. The van der Waals surface area contributed by atoms with Crippen LogP contribution in [0.1, 0.15) is 13.8 Å². The lowest BCUT2D eigenvalue weighted by Gasteiger charge is -2.19. The Hall–Kier alpha value is -1.14. The molecule has 0 amide bonds. The van der Waals surface area contributed by atoms with Crippen LogP contribution in [-0.4, -0.2) is 28.3 Å². The van der Waals surface area contributed by atoms with E-state index < -0.39 is 24.0 Å². The van der Waals surface area contributed by atoms with Crippen LogP contribution in [0.5, 0.6) is 0 Å². The summed E-state index contributed by atoms with van der Waals surface area (Å²) in [6.45, 7) is 3.15. The molecule has 6 heteroatoms. The van der Waals surface area contributed by atoms with Gasteiger partial charge < -0.3 is 15.1 Å². The second-order valence-electron chi connectivity index (χ2n) is 2.99.